The van der Waals surface area contributed by atoms with Crippen LogP contribution < -0.4 is 10.7 Å². The van der Waals surface area contributed by atoms with Crippen LogP contribution in [0.3, 0.4) is 0 Å². The highest BCUT2D eigenvalue weighted by Crippen LogP contribution is 2.27. The minimum absolute atomic E-state index is 0.764. The molecule has 3 N–H and O–H groups in total. The lowest BCUT2D eigenvalue weighted by Gasteiger charge is -2.03. The van der Waals surface area contributed by atoms with Crippen molar-refractivity contribution in [2.45, 2.75) is 6.92 Å². The number of benzene rings is 3. The molecule has 0 aliphatic carbocycles. The Morgan fingerprint density at radius 1 is 0.950 bits per heavy atom. The molecular weight excluding hydrogens is 246 g/mol. The van der Waals surface area contributed by atoms with Gasteiger partial charge in [0.05, 0.1) is 5.39 Å². The highest BCUT2D eigenvalue weighted by molar-refractivity contribution is 6.08. The number of H-pyrrole nitrogens is 1. The van der Waals surface area contributed by atoms with Crippen molar-refractivity contribution < 1.29 is 4.98 Å². The van der Waals surface area contributed by atoms with Crippen molar-refractivity contribution in [3.63, 3.8) is 0 Å². The minimum atomic E-state index is 0.764. The minimum Gasteiger partial charge on any atom is -0.398 e. The molecule has 3 heteroatoms. The number of rotatable bonds is 0. The molecule has 4 rings (SSSR count). The summed E-state index contributed by atoms with van der Waals surface area (Å²) < 4.78 is 0. The number of anilines is 1. The Kier molecular flexibility index (Phi) is 2.18. The van der Waals surface area contributed by atoms with Gasteiger partial charge in [-0.3, -0.25) is 0 Å². The summed E-state index contributed by atoms with van der Waals surface area (Å²) >= 11 is 0. The van der Waals surface area contributed by atoms with Crippen LogP contribution in [0.15, 0.2) is 48.5 Å². The molecule has 0 saturated carbocycles. The van der Waals surface area contributed by atoms with Crippen molar-refractivity contribution >= 4 is 38.5 Å². The SMILES string of the molecule is Cc1ccc2nc3cc(N)c4ccccc4c3[nH+]c2c1. The molecular formula is C17H14N3+. The maximum atomic E-state index is 6.14. The summed E-state index contributed by atoms with van der Waals surface area (Å²) in [6.45, 7) is 2.08. The van der Waals surface area contributed by atoms with Gasteiger partial charge in [-0.25, -0.2) is 9.97 Å². The zero-order valence-corrected chi connectivity index (χ0v) is 11.1. The van der Waals surface area contributed by atoms with Gasteiger partial charge in [0.1, 0.15) is 11.0 Å². The van der Waals surface area contributed by atoms with Crippen LogP contribution in [0.2, 0.25) is 0 Å². The van der Waals surface area contributed by atoms with Crippen LogP contribution in [0.1, 0.15) is 5.56 Å². The molecule has 3 nitrogen and oxygen atoms in total. The number of nitrogens with zero attached hydrogens (tertiary/aromatic N) is 1. The molecule has 0 fully saturated rings. The Balaban J connectivity index is 2.25. The third kappa shape index (κ3) is 1.53. The topological polar surface area (TPSA) is 53.0 Å². The maximum absolute atomic E-state index is 6.14. The van der Waals surface area contributed by atoms with Gasteiger partial charge in [0.2, 0.25) is 11.0 Å². The molecule has 1 heterocycles. The number of aryl methyl sites for hydroxylation is 1. The van der Waals surface area contributed by atoms with Gasteiger partial charge in [0.25, 0.3) is 0 Å². The quantitative estimate of drug-likeness (QED) is 0.300. The summed E-state index contributed by atoms with van der Waals surface area (Å²) in [5.74, 6) is 0. The van der Waals surface area contributed by atoms with E-state index in [9.17, 15) is 0 Å². The van der Waals surface area contributed by atoms with Crippen molar-refractivity contribution in [1.29, 1.82) is 0 Å². The average Bonchev–Trinajstić information content (AvgIpc) is 2.46. The Bertz CT molecular complexity index is 974. The lowest BCUT2D eigenvalue weighted by atomic mass is 10.1. The first kappa shape index (κ1) is 11.2. The largest absolute Gasteiger partial charge is 0.398 e. The number of aromatic amines is 1. The fourth-order valence-corrected chi connectivity index (χ4v) is 2.72. The summed E-state index contributed by atoms with van der Waals surface area (Å²) in [6, 6.07) is 16.3. The lowest BCUT2D eigenvalue weighted by molar-refractivity contribution is -0.309. The second-order valence-corrected chi connectivity index (χ2v) is 5.16. The van der Waals surface area contributed by atoms with Crippen LogP contribution in [0.5, 0.6) is 0 Å². The van der Waals surface area contributed by atoms with Crippen LogP contribution in [-0.2, 0) is 0 Å². The molecule has 20 heavy (non-hydrogen) atoms. The second kappa shape index (κ2) is 3.90. The fourth-order valence-electron chi connectivity index (χ4n) is 2.72. The zero-order chi connectivity index (χ0) is 13.7. The van der Waals surface area contributed by atoms with Gasteiger partial charge in [-0.15, -0.1) is 0 Å². The molecule has 0 radical (unpaired) electrons. The number of hydrogen-bond donors (Lipinski definition) is 1. The summed E-state index contributed by atoms with van der Waals surface area (Å²) in [5, 5.41) is 2.17. The van der Waals surface area contributed by atoms with Crippen molar-refractivity contribution in [2.24, 2.45) is 0 Å². The molecule has 0 spiro atoms. The molecule has 0 bridgehead atoms. The van der Waals surface area contributed by atoms with Crippen LogP contribution >= 0.6 is 0 Å². The van der Waals surface area contributed by atoms with Gasteiger partial charge in [-0.05, 0) is 30.7 Å². The van der Waals surface area contributed by atoms with Gasteiger partial charge >= 0.3 is 0 Å². The van der Waals surface area contributed by atoms with Gasteiger partial charge in [0, 0.05) is 17.1 Å². The maximum Gasteiger partial charge on any atom is 0.238 e. The van der Waals surface area contributed by atoms with E-state index >= 15 is 0 Å². The lowest BCUT2D eigenvalue weighted by Crippen LogP contribution is -2.08. The normalized spacial score (nSPS) is 11.4. The summed E-state index contributed by atoms with van der Waals surface area (Å²) in [4.78, 5) is 8.22. The van der Waals surface area contributed by atoms with Crippen molar-refractivity contribution in [2.75, 3.05) is 5.73 Å². The number of nitrogens with one attached hydrogen (secondary N) is 1. The summed E-state index contributed by atoms with van der Waals surface area (Å²) in [7, 11) is 0. The third-order valence-corrected chi connectivity index (χ3v) is 3.71. The van der Waals surface area contributed by atoms with E-state index in [2.05, 4.69) is 30.1 Å². The average molecular weight is 260 g/mol. The first-order valence-electron chi connectivity index (χ1n) is 6.63. The smallest absolute Gasteiger partial charge is 0.238 e. The Morgan fingerprint density at radius 2 is 1.75 bits per heavy atom. The van der Waals surface area contributed by atoms with E-state index in [1.165, 1.54) is 5.56 Å². The molecule has 1 aromatic heterocycles. The van der Waals surface area contributed by atoms with Crippen LogP contribution in [0.4, 0.5) is 5.69 Å². The molecule has 0 unspecified atom stereocenters. The zero-order valence-electron chi connectivity index (χ0n) is 11.1. The first-order chi connectivity index (χ1) is 9.72. The van der Waals surface area contributed by atoms with E-state index in [0.717, 1.165) is 38.5 Å². The predicted octanol–water partition coefficient (Wildman–Crippen LogP) is 3.25. The fraction of sp³-hybridized carbons (Fsp3) is 0.0588. The van der Waals surface area contributed by atoms with Gasteiger partial charge < -0.3 is 5.73 Å². The van der Waals surface area contributed by atoms with Gasteiger partial charge in [-0.2, -0.15) is 0 Å². The monoisotopic (exact) mass is 260 g/mol. The highest BCUT2D eigenvalue weighted by Gasteiger charge is 2.13. The van der Waals surface area contributed by atoms with Crippen molar-refractivity contribution in [3.8, 4) is 0 Å². The summed E-state index contributed by atoms with van der Waals surface area (Å²) in [6.07, 6.45) is 0. The number of fused-ring (bicyclic) bond motifs is 4. The number of nitrogens with two attached hydrogens (primary N) is 1. The summed E-state index contributed by atoms with van der Waals surface area (Å²) in [5.41, 5.74) is 12.1. The second-order valence-electron chi connectivity index (χ2n) is 5.16. The van der Waals surface area contributed by atoms with Gasteiger partial charge in [-0.1, -0.05) is 24.3 Å². The van der Waals surface area contributed by atoms with E-state index in [1.54, 1.807) is 0 Å². The molecule has 0 atom stereocenters. The van der Waals surface area contributed by atoms with Crippen LogP contribution in [-0.4, -0.2) is 4.98 Å². The first-order valence-corrected chi connectivity index (χ1v) is 6.63. The Morgan fingerprint density at radius 3 is 2.60 bits per heavy atom. The standard InChI is InChI=1S/C17H13N3/c1-10-6-7-14-15(8-10)20-17-12-5-3-2-4-11(12)13(18)9-16(17)19-14/h2-9H,18H2,1H3/p+1. The van der Waals surface area contributed by atoms with Crippen molar-refractivity contribution in [3.05, 3.63) is 54.1 Å². The van der Waals surface area contributed by atoms with E-state index in [4.69, 9.17) is 10.7 Å². The van der Waals surface area contributed by atoms with E-state index in [0.29, 0.717) is 0 Å². The van der Waals surface area contributed by atoms with E-state index in [-0.39, 0.29) is 0 Å². The number of aromatic nitrogens is 2. The van der Waals surface area contributed by atoms with E-state index < -0.39 is 0 Å². The third-order valence-electron chi connectivity index (χ3n) is 3.71. The highest BCUT2D eigenvalue weighted by atomic mass is 14.8. The van der Waals surface area contributed by atoms with Gasteiger partial charge in [0.15, 0.2) is 0 Å². The van der Waals surface area contributed by atoms with Crippen molar-refractivity contribution in [1.82, 2.24) is 4.98 Å². The van der Waals surface area contributed by atoms with E-state index in [1.807, 2.05) is 30.3 Å². The number of nitrogen functional groups attached to an aromatic ring is 1. The molecule has 4 aromatic rings. The van der Waals surface area contributed by atoms with Crippen LogP contribution in [0, 0.1) is 6.92 Å². The number of hydrogen-bond acceptors (Lipinski definition) is 2. The predicted molar refractivity (Wildman–Crippen MR) is 82.5 cm³/mol. The van der Waals surface area contributed by atoms with Crippen LogP contribution in [0.25, 0.3) is 32.8 Å². The molecule has 3 aromatic carbocycles. The molecule has 0 saturated heterocycles. The Labute approximate surface area is 116 Å². The molecule has 96 valence electrons. The molecule has 0 amide bonds. The molecule has 0 aliphatic heterocycles. The Hall–Kier alpha value is -2.68. The molecule has 0 aliphatic rings.